The summed E-state index contributed by atoms with van der Waals surface area (Å²) >= 11 is 0. The van der Waals surface area contributed by atoms with E-state index in [9.17, 15) is 8.42 Å². The molecule has 2 fully saturated rings. The Morgan fingerprint density at radius 3 is 2.77 bits per heavy atom. The second-order valence-corrected chi connectivity index (χ2v) is 10.1. The zero-order valence-electron chi connectivity index (χ0n) is 15.5. The first-order valence-corrected chi connectivity index (χ1v) is 11.6. The van der Waals surface area contributed by atoms with Crippen LogP contribution in [-0.2, 0) is 9.84 Å². The van der Waals surface area contributed by atoms with E-state index >= 15 is 0 Å². The molecule has 0 N–H and O–H groups in total. The van der Waals surface area contributed by atoms with Gasteiger partial charge in [-0.05, 0) is 49.9 Å². The smallest absolute Gasteiger partial charge is 0.199 e. The number of rotatable bonds is 5. The lowest BCUT2D eigenvalue weighted by Crippen LogP contribution is -2.28. The molecule has 5 nitrogen and oxygen atoms in total. The van der Waals surface area contributed by atoms with E-state index in [0.717, 1.165) is 31.3 Å². The predicted molar refractivity (Wildman–Crippen MR) is 102 cm³/mol. The van der Waals surface area contributed by atoms with E-state index in [1.54, 1.807) is 25.1 Å². The third-order valence-corrected chi connectivity index (χ3v) is 7.71. The summed E-state index contributed by atoms with van der Waals surface area (Å²) in [6.07, 6.45) is 7.99. The number of sulfone groups is 1. The highest BCUT2D eigenvalue weighted by Gasteiger charge is 2.29. The van der Waals surface area contributed by atoms with Crippen LogP contribution in [-0.4, -0.2) is 43.7 Å². The minimum Gasteiger partial charge on any atom is -0.440 e. The van der Waals surface area contributed by atoms with Crippen molar-refractivity contribution >= 4 is 20.9 Å². The Kier molecular flexibility index (Phi) is 5.06. The number of fused-ring (bicyclic) bond motifs is 1. The largest absolute Gasteiger partial charge is 0.440 e. The van der Waals surface area contributed by atoms with Gasteiger partial charge in [0.05, 0.1) is 10.6 Å². The van der Waals surface area contributed by atoms with Gasteiger partial charge in [-0.15, -0.1) is 0 Å². The first kappa shape index (κ1) is 18.0. The van der Waals surface area contributed by atoms with Crippen molar-refractivity contribution in [1.29, 1.82) is 0 Å². The summed E-state index contributed by atoms with van der Waals surface area (Å²) in [6, 6.07) is 5.01. The van der Waals surface area contributed by atoms with Crippen LogP contribution in [0.3, 0.4) is 0 Å². The third-order valence-electron chi connectivity index (χ3n) is 5.98. The van der Waals surface area contributed by atoms with Gasteiger partial charge in [0.2, 0.25) is 0 Å². The molecule has 0 amide bonds. The van der Waals surface area contributed by atoms with E-state index in [-0.39, 0.29) is 5.75 Å². The second-order valence-electron chi connectivity index (χ2n) is 7.83. The van der Waals surface area contributed by atoms with Crippen molar-refractivity contribution in [3.05, 3.63) is 24.1 Å². The molecule has 1 aliphatic heterocycles. The number of hydrogen-bond acceptors (Lipinski definition) is 5. The molecule has 1 aromatic carbocycles. The fourth-order valence-electron chi connectivity index (χ4n) is 4.39. The zero-order valence-corrected chi connectivity index (χ0v) is 16.3. The number of benzene rings is 1. The molecule has 0 spiro atoms. The first-order valence-electron chi connectivity index (χ1n) is 9.91. The van der Waals surface area contributed by atoms with Crippen LogP contribution in [0.5, 0.6) is 0 Å². The fourth-order valence-corrected chi connectivity index (χ4v) is 5.29. The van der Waals surface area contributed by atoms with Gasteiger partial charge in [0.1, 0.15) is 5.52 Å². The average Bonchev–Trinajstić information content (AvgIpc) is 3.28. The molecular weight excluding hydrogens is 348 g/mol. The molecule has 0 radical (unpaired) electrons. The molecule has 1 saturated carbocycles. The molecule has 1 saturated heterocycles. The van der Waals surface area contributed by atoms with Crippen molar-refractivity contribution in [3.8, 4) is 0 Å². The van der Waals surface area contributed by atoms with E-state index in [2.05, 4.69) is 9.88 Å². The standard InChI is InChI=1S/C20H28N2O3S/c1-2-26(23,24)17-8-9-19-18(12-17)21-20(25-19)16-10-11-22(14-16)13-15-6-4-3-5-7-15/h8-9,12,15-16H,2-7,10-11,13-14H2,1H3. The summed E-state index contributed by atoms with van der Waals surface area (Å²) < 4.78 is 30.1. The highest BCUT2D eigenvalue weighted by Crippen LogP contribution is 2.32. The maximum atomic E-state index is 12.1. The fraction of sp³-hybridized carbons (Fsp3) is 0.650. The Labute approximate surface area is 155 Å². The molecule has 1 aliphatic carbocycles. The van der Waals surface area contributed by atoms with E-state index in [1.165, 1.54) is 38.6 Å². The van der Waals surface area contributed by atoms with Gasteiger partial charge in [0.15, 0.2) is 21.3 Å². The minimum absolute atomic E-state index is 0.0992. The SMILES string of the molecule is CCS(=O)(=O)c1ccc2oc(C3CCN(CC4CCCCC4)C3)nc2c1. The highest BCUT2D eigenvalue weighted by atomic mass is 32.2. The Hall–Kier alpha value is -1.40. The van der Waals surface area contributed by atoms with Crippen LogP contribution in [0, 0.1) is 5.92 Å². The van der Waals surface area contributed by atoms with Crippen molar-refractivity contribution in [2.24, 2.45) is 5.92 Å². The molecule has 2 aromatic rings. The maximum absolute atomic E-state index is 12.1. The molecule has 2 heterocycles. The summed E-state index contributed by atoms with van der Waals surface area (Å²) in [7, 11) is -3.21. The van der Waals surface area contributed by atoms with Gasteiger partial charge in [-0.3, -0.25) is 0 Å². The van der Waals surface area contributed by atoms with E-state index in [1.807, 2.05) is 0 Å². The topological polar surface area (TPSA) is 63.4 Å². The van der Waals surface area contributed by atoms with Crippen LogP contribution < -0.4 is 0 Å². The molecule has 1 unspecified atom stereocenters. The van der Waals surface area contributed by atoms with Crippen LogP contribution in [0.15, 0.2) is 27.5 Å². The van der Waals surface area contributed by atoms with Crippen molar-refractivity contribution < 1.29 is 12.8 Å². The normalized spacial score (nSPS) is 23.0. The van der Waals surface area contributed by atoms with Gasteiger partial charge < -0.3 is 9.32 Å². The zero-order chi connectivity index (χ0) is 18.1. The van der Waals surface area contributed by atoms with Crippen molar-refractivity contribution in [1.82, 2.24) is 9.88 Å². The summed E-state index contributed by atoms with van der Waals surface area (Å²) in [4.78, 5) is 7.52. The summed E-state index contributed by atoms with van der Waals surface area (Å²) in [6.45, 7) is 4.97. The molecule has 1 aromatic heterocycles. The Morgan fingerprint density at radius 2 is 2.00 bits per heavy atom. The van der Waals surface area contributed by atoms with Gasteiger partial charge in [0, 0.05) is 19.0 Å². The van der Waals surface area contributed by atoms with E-state index in [4.69, 9.17) is 4.42 Å². The van der Waals surface area contributed by atoms with Gasteiger partial charge in [-0.25, -0.2) is 13.4 Å². The van der Waals surface area contributed by atoms with E-state index < -0.39 is 9.84 Å². The van der Waals surface area contributed by atoms with Crippen LogP contribution in [0.25, 0.3) is 11.1 Å². The number of oxazole rings is 1. The molecule has 1 atom stereocenters. The molecule has 26 heavy (non-hydrogen) atoms. The van der Waals surface area contributed by atoms with Crippen LogP contribution in [0.1, 0.15) is 57.3 Å². The molecule has 142 valence electrons. The lowest BCUT2D eigenvalue weighted by molar-refractivity contribution is 0.230. The summed E-state index contributed by atoms with van der Waals surface area (Å²) in [5.74, 6) is 2.03. The number of likely N-dealkylation sites (tertiary alicyclic amines) is 1. The lowest BCUT2D eigenvalue weighted by Gasteiger charge is -2.26. The number of nitrogens with zero attached hydrogens (tertiary/aromatic N) is 2. The Balaban J connectivity index is 1.47. The highest BCUT2D eigenvalue weighted by molar-refractivity contribution is 7.91. The van der Waals surface area contributed by atoms with Crippen molar-refractivity contribution in [3.63, 3.8) is 0 Å². The molecule has 4 rings (SSSR count). The monoisotopic (exact) mass is 376 g/mol. The van der Waals surface area contributed by atoms with E-state index in [0.29, 0.717) is 21.9 Å². The van der Waals surface area contributed by atoms with Gasteiger partial charge in [-0.2, -0.15) is 0 Å². The molecule has 2 aliphatic rings. The molecule has 6 heteroatoms. The second kappa shape index (κ2) is 7.31. The van der Waals surface area contributed by atoms with Crippen molar-refractivity contribution in [2.75, 3.05) is 25.4 Å². The van der Waals surface area contributed by atoms with Crippen molar-refractivity contribution in [2.45, 2.75) is 56.3 Å². The average molecular weight is 377 g/mol. The number of aromatic nitrogens is 1. The Bertz CT molecular complexity index is 868. The quantitative estimate of drug-likeness (QED) is 0.789. The molecular formula is C20H28N2O3S. The summed E-state index contributed by atoms with van der Waals surface area (Å²) in [5.41, 5.74) is 1.33. The maximum Gasteiger partial charge on any atom is 0.199 e. The number of hydrogen-bond donors (Lipinski definition) is 0. The Morgan fingerprint density at radius 1 is 1.19 bits per heavy atom. The first-order chi connectivity index (χ1) is 12.5. The molecule has 0 bridgehead atoms. The summed E-state index contributed by atoms with van der Waals surface area (Å²) in [5, 5.41) is 0. The third kappa shape index (κ3) is 3.67. The minimum atomic E-state index is -3.21. The van der Waals surface area contributed by atoms with Crippen LogP contribution in [0.4, 0.5) is 0 Å². The predicted octanol–water partition coefficient (Wildman–Crippen LogP) is 3.99. The van der Waals surface area contributed by atoms with Gasteiger partial charge in [0.25, 0.3) is 0 Å². The van der Waals surface area contributed by atoms with Gasteiger partial charge >= 0.3 is 0 Å². The van der Waals surface area contributed by atoms with Gasteiger partial charge in [-0.1, -0.05) is 26.2 Å². The van der Waals surface area contributed by atoms with Crippen LogP contribution in [0.2, 0.25) is 0 Å². The van der Waals surface area contributed by atoms with Crippen LogP contribution >= 0.6 is 0 Å². The lowest BCUT2D eigenvalue weighted by atomic mass is 9.89.